The van der Waals surface area contributed by atoms with Crippen LogP contribution in [0, 0.1) is 0 Å². The van der Waals surface area contributed by atoms with Crippen LogP contribution < -0.4 is 4.74 Å². The van der Waals surface area contributed by atoms with E-state index in [4.69, 9.17) is 20.4 Å². The van der Waals surface area contributed by atoms with Crippen molar-refractivity contribution < 1.29 is 9.84 Å². The molecule has 0 spiro atoms. The number of hydrogen-bond acceptors (Lipinski definition) is 4. The average molecular weight is 228 g/mol. The molecule has 0 amide bonds. The second-order valence-electron chi connectivity index (χ2n) is 4.76. The van der Waals surface area contributed by atoms with Gasteiger partial charge in [-0.3, -0.25) is 0 Å². The molecule has 0 saturated heterocycles. The predicted octanol–water partition coefficient (Wildman–Crippen LogP) is 0.797. The van der Waals surface area contributed by atoms with Crippen LogP contribution in [0.4, 0.5) is 0 Å². The molecule has 1 aromatic rings. The van der Waals surface area contributed by atoms with Crippen molar-refractivity contribution >= 4 is 15.7 Å². The van der Waals surface area contributed by atoms with Crippen LogP contribution in [-0.4, -0.2) is 36.4 Å². The van der Waals surface area contributed by atoms with E-state index in [0.29, 0.717) is 5.92 Å². The highest BCUT2D eigenvalue weighted by Gasteiger charge is 2.31. The summed E-state index contributed by atoms with van der Waals surface area (Å²) < 4.78 is 5.07. The van der Waals surface area contributed by atoms with E-state index in [2.05, 4.69) is 9.97 Å². The number of nitrogens with zero attached hydrogens (tertiary/aromatic N) is 2. The van der Waals surface area contributed by atoms with E-state index in [9.17, 15) is 5.11 Å². The first-order chi connectivity index (χ1) is 7.88. The van der Waals surface area contributed by atoms with Crippen molar-refractivity contribution in [3.05, 3.63) is 17.6 Å². The lowest BCUT2D eigenvalue weighted by Crippen LogP contribution is -2.37. The maximum absolute atomic E-state index is 9.30. The van der Waals surface area contributed by atoms with Crippen LogP contribution in [0.1, 0.15) is 49.8 Å². The minimum atomic E-state index is -2.21. The van der Waals surface area contributed by atoms with Gasteiger partial charge in [-0.25, -0.2) is 9.97 Å². The van der Waals surface area contributed by atoms with Gasteiger partial charge < -0.3 is 9.84 Å². The van der Waals surface area contributed by atoms with Crippen LogP contribution in [0.25, 0.3) is 0 Å². The summed E-state index contributed by atoms with van der Waals surface area (Å²) in [5.74, 6) is 0.926. The van der Waals surface area contributed by atoms with Gasteiger partial charge in [-0.15, -0.1) is 0 Å². The summed E-state index contributed by atoms with van der Waals surface area (Å²) in [6.07, 6.45) is 3.68. The lowest BCUT2D eigenvalue weighted by Gasteiger charge is -2.24. The standard InChI is InChI=1S/C11H14B2N2O2/c1-6(2)8-9(7-3-4-7)14-5-15-10(8)17-11(12,13)16/h5-7,16H,3-4H2,1-2H3. The second-order valence-corrected chi connectivity index (χ2v) is 4.76. The van der Waals surface area contributed by atoms with Crippen LogP contribution >= 0.6 is 0 Å². The molecule has 1 aliphatic rings. The molecule has 0 atom stereocenters. The zero-order valence-corrected chi connectivity index (χ0v) is 10.1. The summed E-state index contributed by atoms with van der Waals surface area (Å²) in [4.78, 5) is 8.30. The third-order valence-corrected chi connectivity index (χ3v) is 2.68. The summed E-state index contributed by atoms with van der Waals surface area (Å²) in [5.41, 5.74) is -0.350. The maximum Gasteiger partial charge on any atom is 0.221 e. The molecule has 17 heavy (non-hydrogen) atoms. The molecule has 86 valence electrons. The van der Waals surface area contributed by atoms with Crippen molar-refractivity contribution in [1.29, 1.82) is 0 Å². The van der Waals surface area contributed by atoms with Gasteiger partial charge in [0.25, 0.3) is 0 Å². The largest absolute Gasteiger partial charge is 0.465 e. The molecular weight excluding hydrogens is 214 g/mol. The number of ether oxygens (including phenoxy) is 1. The van der Waals surface area contributed by atoms with E-state index in [-0.39, 0.29) is 11.8 Å². The summed E-state index contributed by atoms with van der Waals surface area (Å²) in [6, 6.07) is 0. The van der Waals surface area contributed by atoms with E-state index in [0.717, 1.165) is 24.1 Å². The summed E-state index contributed by atoms with van der Waals surface area (Å²) in [7, 11) is 10.5. The van der Waals surface area contributed by atoms with Crippen molar-refractivity contribution in [2.24, 2.45) is 0 Å². The molecular formula is C11H14B2N2O2. The Morgan fingerprint density at radius 2 is 2.06 bits per heavy atom. The molecule has 1 N–H and O–H groups in total. The van der Waals surface area contributed by atoms with Gasteiger partial charge in [-0.2, -0.15) is 0 Å². The fraction of sp³-hybridized carbons (Fsp3) is 0.636. The molecule has 1 fully saturated rings. The van der Waals surface area contributed by atoms with Gasteiger partial charge >= 0.3 is 0 Å². The number of rotatable bonds is 4. The Morgan fingerprint density at radius 3 is 2.53 bits per heavy atom. The fourth-order valence-corrected chi connectivity index (χ4v) is 1.85. The van der Waals surface area contributed by atoms with Crippen molar-refractivity contribution in [2.75, 3.05) is 0 Å². The van der Waals surface area contributed by atoms with Crippen LogP contribution in [0.2, 0.25) is 0 Å². The van der Waals surface area contributed by atoms with Crippen LogP contribution in [0.3, 0.4) is 0 Å². The highest BCUT2D eigenvalue weighted by atomic mass is 16.6. The maximum atomic E-state index is 9.30. The molecule has 4 nitrogen and oxygen atoms in total. The molecule has 4 radical (unpaired) electrons. The SMILES string of the molecule is [B]C([B])(O)Oc1ncnc(C2CC2)c1C(C)C. The molecule has 2 rings (SSSR count). The summed E-state index contributed by atoms with van der Waals surface area (Å²) in [6.45, 7) is 4.03. The van der Waals surface area contributed by atoms with Gasteiger partial charge in [0, 0.05) is 11.5 Å². The zero-order chi connectivity index (χ0) is 12.6. The molecule has 0 aliphatic heterocycles. The Bertz CT molecular complexity index is 414. The van der Waals surface area contributed by atoms with Crippen LogP contribution in [-0.2, 0) is 0 Å². The van der Waals surface area contributed by atoms with E-state index >= 15 is 0 Å². The van der Waals surface area contributed by atoms with Crippen molar-refractivity contribution in [2.45, 2.75) is 44.1 Å². The van der Waals surface area contributed by atoms with Gasteiger partial charge in [0.15, 0.2) is 15.7 Å². The van der Waals surface area contributed by atoms with Gasteiger partial charge in [-0.05, 0) is 18.8 Å². The Morgan fingerprint density at radius 1 is 1.41 bits per heavy atom. The lowest BCUT2D eigenvalue weighted by atomic mass is 9.76. The molecule has 0 unspecified atom stereocenters. The van der Waals surface area contributed by atoms with E-state index in [1.54, 1.807) is 0 Å². The van der Waals surface area contributed by atoms with Crippen LogP contribution in [0.15, 0.2) is 6.33 Å². The Hall–Kier alpha value is -1.03. The molecule has 0 aromatic carbocycles. The Labute approximate surface area is 104 Å². The quantitative estimate of drug-likeness (QED) is 0.611. The molecule has 1 aromatic heterocycles. The predicted molar refractivity (Wildman–Crippen MR) is 65.2 cm³/mol. The topological polar surface area (TPSA) is 55.2 Å². The number of aliphatic hydroxyl groups is 1. The highest BCUT2D eigenvalue weighted by molar-refractivity contribution is 6.37. The zero-order valence-electron chi connectivity index (χ0n) is 10.1. The first kappa shape index (κ1) is 12.4. The van der Waals surface area contributed by atoms with E-state index < -0.39 is 5.59 Å². The lowest BCUT2D eigenvalue weighted by molar-refractivity contribution is 0.00801. The third kappa shape index (κ3) is 3.00. The second kappa shape index (κ2) is 4.33. The van der Waals surface area contributed by atoms with Crippen LogP contribution in [0.5, 0.6) is 5.88 Å². The molecule has 1 aliphatic carbocycles. The molecule has 0 bridgehead atoms. The number of aromatic nitrogens is 2. The monoisotopic (exact) mass is 228 g/mol. The summed E-state index contributed by atoms with van der Waals surface area (Å²) in [5, 5.41) is 9.30. The third-order valence-electron chi connectivity index (χ3n) is 2.68. The van der Waals surface area contributed by atoms with Crippen molar-refractivity contribution in [1.82, 2.24) is 9.97 Å². The first-order valence-electron chi connectivity index (χ1n) is 5.72. The van der Waals surface area contributed by atoms with Crippen molar-refractivity contribution in [3.63, 3.8) is 0 Å². The van der Waals surface area contributed by atoms with Gasteiger partial charge in [0.05, 0.1) is 5.69 Å². The fourth-order valence-electron chi connectivity index (χ4n) is 1.85. The first-order valence-corrected chi connectivity index (χ1v) is 5.72. The van der Waals surface area contributed by atoms with Gasteiger partial charge in [0.2, 0.25) is 5.88 Å². The normalized spacial score (nSPS) is 16.2. The van der Waals surface area contributed by atoms with E-state index in [1.807, 2.05) is 13.8 Å². The smallest absolute Gasteiger partial charge is 0.221 e. The Balaban J connectivity index is 2.40. The minimum absolute atomic E-state index is 0.184. The Kier molecular flexibility index (Phi) is 3.17. The minimum Gasteiger partial charge on any atom is -0.465 e. The van der Waals surface area contributed by atoms with Gasteiger partial charge in [0.1, 0.15) is 11.9 Å². The average Bonchev–Trinajstić information content (AvgIpc) is 2.96. The van der Waals surface area contributed by atoms with Gasteiger partial charge in [-0.1, -0.05) is 13.8 Å². The summed E-state index contributed by atoms with van der Waals surface area (Å²) >= 11 is 0. The van der Waals surface area contributed by atoms with E-state index in [1.165, 1.54) is 6.33 Å². The highest BCUT2D eigenvalue weighted by Crippen LogP contribution is 2.44. The molecule has 6 heteroatoms. The van der Waals surface area contributed by atoms with Crippen molar-refractivity contribution in [3.8, 4) is 5.88 Å². The number of hydrogen-bond donors (Lipinski definition) is 1. The molecule has 1 heterocycles. The molecule has 1 saturated carbocycles.